The molecule has 1 aliphatic rings. The Kier molecular flexibility index (Phi) is 4.70. The summed E-state index contributed by atoms with van der Waals surface area (Å²) < 4.78 is 5.92. The molecule has 0 spiro atoms. The Hall–Kier alpha value is -0.380. The van der Waals surface area contributed by atoms with Crippen LogP contribution < -0.4 is 5.32 Å². The zero-order chi connectivity index (χ0) is 14.0. The van der Waals surface area contributed by atoms with Crippen LogP contribution in [0, 0.1) is 13.8 Å². The van der Waals surface area contributed by atoms with Crippen LogP contribution in [0.3, 0.4) is 0 Å². The fraction of sp³-hybridized carbons (Fsp3) is 0.750. The summed E-state index contributed by atoms with van der Waals surface area (Å²) in [6.45, 7) is 12.1. The van der Waals surface area contributed by atoms with E-state index >= 15 is 0 Å². The Balaban J connectivity index is 1.99. The van der Waals surface area contributed by atoms with Gasteiger partial charge in [-0.3, -0.25) is 0 Å². The van der Waals surface area contributed by atoms with Crippen LogP contribution in [0.2, 0.25) is 0 Å². The van der Waals surface area contributed by atoms with Crippen molar-refractivity contribution in [3.63, 3.8) is 0 Å². The van der Waals surface area contributed by atoms with E-state index in [0.29, 0.717) is 12.1 Å². The molecule has 0 radical (unpaired) electrons. The topological polar surface area (TPSA) is 21.3 Å². The molecule has 1 aromatic heterocycles. The van der Waals surface area contributed by atoms with E-state index in [1.165, 1.54) is 15.3 Å². The number of nitrogens with one attached hydrogen (secondary N) is 1. The average molecular weight is 281 g/mol. The van der Waals surface area contributed by atoms with Crippen LogP contribution in [0.1, 0.15) is 61.4 Å². The van der Waals surface area contributed by atoms with Gasteiger partial charge >= 0.3 is 0 Å². The van der Waals surface area contributed by atoms with Crippen molar-refractivity contribution in [2.24, 2.45) is 0 Å². The maximum Gasteiger partial charge on any atom is 0.0666 e. The van der Waals surface area contributed by atoms with Gasteiger partial charge in [-0.15, -0.1) is 11.3 Å². The van der Waals surface area contributed by atoms with E-state index in [0.717, 1.165) is 25.9 Å². The van der Waals surface area contributed by atoms with E-state index in [-0.39, 0.29) is 5.60 Å². The minimum Gasteiger partial charge on any atom is -0.375 e. The number of rotatable bonds is 4. The summed E-state index contributed by atoms with van der Waals surface area (Å²) in [4.78, 5) is 2.86. The van der Waals surface area contributed by atoms with Gasteiger partial charge in [0.1, 0.15) is 0 Å². The van der Waals surface area contributed by atoms with Crippen molar-refractivity contribution in [1.29, 1.82) is 0 Å². The number of thiophene rings is 1. The second-order valence-corrected chi connectivity index (χ2v) is 7.56. The molecular weight excluding hydrogens is 254 g/mol. The average Bonchev–Trinajstić information content (AvgIpc) is 2.69. The summed E-state index contributed by atoms with van der Waals surface area (Å²) in [6, 6.07) is 3.35. The molecular formula is C16H27NOS. The lowest BCUT2D eigenvalue weighted by atomic mass is 9.89. The lowest BCUT2D eigenvalue weighted by Gasteiger charge is -2.39. The van der Waals surface area contributed by atoms with Gasteiger partial charge in [0.25, 0.3) is 0 Å². The van der Waals surface area contributed by atoms with E-state index < -0.39 is 0 Å². The summed E-state index contributed by atoms with van der Waals surface area (Å²) in [7, 11) is 0. The smallest absolute Gasteiger partial charge is 0.0666 e. The molecule has 0 aromatic carbocycles. The monoisotopic (exact) mass is 281 g/mol. The van der Waals surface area contributed by atoms with Gasteiger partial charge in [-0.1, -0.05) is 6.92 Å². The molecule has 19 heavy (non-hydrogen) atoms. The molecule has 0 amide bonds. The third-order valence-electron chi connectivity index (χ3n) is 4.37. The van der Waals surface area contributed by atoms with Crippen molar-refractivity contribution in [2.75, 3.05) is 6.61 Å². The molecule has 3 atom stereocenters. The van der Waals surface area contributed by atoms with Crippen molar-refractivity contribution in [3.8, 4) is 0 Å². The molecule has 2 heterocycles. The highest BCUT2D eigenvalue weighted by Gasteiger charge is 2.32. The number of hydrogen-bond donors (Lipinski definition) is 1. The summed E-state index contributed by atoms with van der Waals surface area (Å²) in [6.07, 6.45) is 3.34. The first-order valence-corrected chi connectivity index (χ1v) is 8.22. The van der Waals surface area contributed by atoms with E-state index in [9.17, 15) is 0 Å². The van der Waals surface area contributed by atoms with Gasteiger partial charge in [-0.25, -0.2) is 0 Å². The molecule has 108 valence electrons. The van der Waals surface area contributed by atoms with Crippen molar-refractivity contribution in [3.05, 3.63) is 21.4 Å². The Morgan fingerprint density at radius 3 is 2.84 bits per heavy atom. The second-order valence-electron chi connectivity index (χ2n) is 6.10. The van der Waals surface area contributed by atoms with E-state index in [1.54, 1.807) is 0 Å². The van der Waals surface area contributed by atoms with Crippen molar-refractivity contribution in [2.45, 2.75) is 71.6 Å². The van der Waals surface area contributed by atoms with Crippen LogP contribution in [-0.4, -0.2) is 18.2 Å². The standard InChI is InChI=1S/C16H27NOS/c1-6-16(5)10-14(7-8-18-16)17-12(3)15-9-11(2)19-13(15)4/h9,12,14,17H,6-8,10H2,1-5H3. The number of ether oxygens (including phenoxy) is 1. The summed E-state index contributed by atoms with van der Waals surface area (Å²) in [5, 5.41) is 3.81. The highest BCUT2D eigenvalue weighted by Crippen LogP contribution is 2.31. The van der Waals surface area contributed by atoms with Gasteiger partial charge in [-0.05, 0) is 58.6 Å². The first-order chi connectivity index (χ1) is 8.93. The third kappa shape index (κ3) is 3.59. The molecule has 1 N–H and O–H groups in total. The largest absolute Gasteiger partial charge is 0.375 e. The van der Waals surface area contributed by atoms with Gasteiger partial charge in [0.15, 0.2) is 0 Å². The summed E-state index contributed by atoms with van der Waals surface area (Å²) in [5.74, 6) is 0. The predicted molar refractivity (Wildman–Crippen MR) is 83.0 cm³/mol. The Bertz CT molecular complexity index is 428. The molecule has 3 heteroatoms. The molecule has 2 nitrogen and oxygen atoms in total. The zero-order valence-electron chi connectivity index (χ0n) is 12.9. The van der Waals surface area contributed by atoms with Crippen LogP contribution in [0.15, 0.2) is 6.07 Å². The van der Waals surface area contributed by atoms with Gasteiger partial charge in [0.2, 0.25) is 0 Å². The van der Waals surface area contributed by atoms with E-state index in [4.69, 9.17) is 4.74 Å². The number of hydrogen-bond acceptors (Lipinski definition) is 3. The molecule has 0 aliphatic carbocycles. The zero-order valence-corrected chi connectivity index (χ0v) is 13.7. The quantitative estimate of drug-likeness (QED) is 0.885. The normalized spacial score (nSPS) is 29.4. The third-order valence-corrected chi connectivity index (χ3v) is 5.36. The fourth-order valence-corrected chi connectivity index (χ4v) is 4.06. The van der Waals surface area contributed by atoms with Gasteiger partial charge in [0, 0.05) is 28.4 Å². The maximum absolute atomic E-state index is 5.92. The van der Waals surface area contributed by atoms with Gasteiger partial charge < -0.3 is 10.1 Å². The summed E-state index contributed by atoms with van der Waals surface area (Å²) in [5.41, 5.74) is 1.53. The molecule has 1 saturated heterocycles. The SMILES string of the molecule is CCC1(C)CC(NC(C)c2cc(C)sc2C)CCO1. The molecule has 1 aromatic rings. The van der Waals surface area contributed by atoms with Crippen LogP contribution in [-0.2, 0) is 4.74 Å². The van der Waals surface area contributed by atoms with Crippen LogP contribution in [0.5, 0.6) is 0 Å². The van der Waals surface area contributed by atoms with Crippen molar-refractivity contribution in [1.82, 2.24) is 5.32 Å². The van der Waals surface area contributed by atoms with E-state index in [1.807, 2.05) is 11.3 Å². The number of aryl methyl sites for hydroxylation is 2. The van der Waals surface area contributed by atoms with Crippen LogP contribution >= 0.6 is 11.3 Å². The second kappa shape index (κ2) is 5.94. The minimum atomic E-state index is 0.0647. The summed E-state index contributed by atoms with van der Waals surface area (Å²) >= 11 is 1.90. The fourth-order valence-electron chi connectivity index (χ4n) is 3.04. The molecule has 2 rings (SSSR count). The molecule has 0 bridgehead atoms. The van der Waals surface area contributed by atoms with Gasteiger partial charge in [-0.2, -0.15) is 0 Å². The highest BCUT2D eigenvalue weighted by molar-refractivity contribution is 7.12. The van der Waals surface area contributed by atoms with Crippen LogP contribution in [0.25, 0.3) is 0 Å². The van der Waals surface area contributed by atoms with E-state index in [2.05, 4.69) is 46.0 Å². The molecule has 3 unspecified atom stereocenters. The van der Waals surface area contributed by atoms with Crippen LogP contribution in [0.4, 0.5) is 0 Å². The Morgan fingerprint density at radius 2 is 2.26 bits per heavy atom. The predicted octanol–water partition coefficient (Wildman–Crippen LogP) is 4.36. The molecule has 1 fully saturated rings. The van der Waals surface area contributed by atoms with Crippen molar-refractivity contribution >= 4 is 11.3 Å². The van der Waals surface area contributed by atoms with Gasteiger partial charge in [0.05, 0.1) is 5.60 Å². The highest BCUT2D eigenvalue weighted by atomic mass is 32.1. The Labute approximate surface area is 121 Å². The minimum absolute atomic E-state index is 0.0647. The lowest BCUT2D eigenvalue weighted by molar-refractivity contribution is -0.0789. The molecule has 0 saturated carbocycles. The first-order valence-electron chi connectivity index (χ1n) is 7.40. The Morgan fingerprint density at radius 1 is 1.53 bits per heavy atom. The van der Waals surface area contributed by atoms with Crippen molar-refractivity contribution < 1.29 is 4.74 Å². The first kappa shape index (κ1) is 15.0. The maximum atomic E-state index is 5.92. The molecule has 1 aliphatic heterocycles. The lowest BCUT2D eigenvalue weighted by Crippen LogP contribution is -2.45.